The fraction of sp³-hybridized carbons (Fsp3) is 0.143. The number of nitrogens with one attached hydrogen (secondary N) is 1. The van der Waals surface area contributed by atoms with Gasteiger partial charge in [-0.1, -0.05) is 29.3 Å². The molecule has 0 heterocycles. The van der Waals surface area contributed by atoms with Gasteiger partial charge in [0.15, 0.2) is 0 Å². The predicted molar refractivity (Wildman–Crippen MR) is 86.3 cm³/mol. The van der Waals surface area contributed by atoms with Gasteiger partial charge in [-0.2, -0.15) is 0 Å². The molecule has 6 heteroatoms. The normalized spacial score (nSPS) is 12.2. The maximum absolute atomic E-state index is 6.23. The van der Waals surface area contributed by atoms with Gasteiger partial charge in [0, 0.05) is 10.0 Å². The molecule has 106 valence electrons. The highest BCUT2D eigenvalue weighted by molar-refractivity contribution is 9.10. The van der Waals surface area contributed by atoms with Crippen molar-refractivity contribution < 1.29 is 4.74 Å². The van der Waals surface area contributed by atoms with Crippen molar-refractivity contribution in [2.75, 3.05) is 7.11 Å². The van der Waals surface area contributed by atoms with Crippen LogP contribution in [0.5, 0.6) is 5.75 Å². The Labute approximate surface area is 136 Å². The van der Waals surface area contributed by atoms with E-state index in [9.17, 15) is 0 Å². The van der Waals surface area contributed by atoms with Gasteiger partial charge >= 0.3 is 0 Å². The third kappa shape index (κ3) is 3.27. The lowest BCUT2D eigenvalue weighted by Crippen LogP contribution is -2.29. The number of ether oxygens (including phenoxy) is 1. The van der Waals surface area contributed by atoms with Crippen molar-refractivity contribution >= 4 is 39.1 Å². The number of hydrogen-bond donors (Lipinski definition) is 2. The Balaban J connectivity index is 2.46. The van der Waals surface area contributed by atoms with Crippen LogP contribution in [0.3, 0.4) is 0 Å². The standard InChI is InChI=1S/C14H13BrCl2N2O/c1-20-13-5-2-8(6-11(13)15)14(19-18)10-7-9(16)3-4-12(10)17/h2-7,14,19H,18H2,1H3. The molecule has 2 aromatic rings. The lowest BCUT2D eigenvalue weighted by Gasteiger charge is -2.19. The molecule has 0 aliphatic rings. The highest BCUT2D eigenvalue weighted by Crippen LogP contribution is 2.33. The number of hydrogen-bond acceptors (Lipinski definition) is 3. The molecule has 20 heavy (non-hydrogen) atoms. The molecule has 3 nitrogen and oxygen atoms in total. The molecule has 0 saturated carbocycles. The van der Waals surface area contributed by atoms with E-state index in [2.05, 4.69) is 21.4 Å². The second-order valence-corrected chi connectivity index (χ2v) is 5.86. The van der Waals surface area contributed by atoms with Crippen molar-refractivity contribution in [1.29, 1.82) is 0 Å². The van der Waals surface area contributed by atoms with E-state index in [0.29, 0.717) is 10.0 Å². The summed E-state index contributed by atoms with van der Waals surface area (Å²) in [6, 6.07) is 10.7. The maximum Gasteiger partial charge on any atom is 0.133 e. The third-order valence-corrected chi connectivity index (χ3v) is 4.14. The van der Waals surface area contributed by atoms with Crippen LogP contribution in [-0.2, 0) is 0 Å². The minimum atomic E-state index is -0.261. The highest BCUT2D eigenvalue weighted by Gasteiger charge is 2.17. The van der Waals surface area contributed by atoms with Gasteiger partial charge in [-0.05, 0) is 57.4 Å². The van der Waals surface area contributed by atoms with Crippen LogP contribution in [0.15, 0.2) is 40.9 Å². The zero-order valence-corrected chi connectivity index (χ0v) is 13.8. The summed E-state index contributed by atoms with van der Waals surface area (Å²) in [5.41, 5.74) is 4.53. The first-order valence-electron chi connectivity index (χ1n) is 5.81. The maximum atomic E-state index is 6.23. The molecule has 0 bridgehead atoms. The lowest BCUT2D eigenvalue weighted by atomic mass is 9.99. The van der Waals surface area contributed by atoms with Crippen molar-refractivity contribution in [3.8, 4) is 5.75 Å². The number of hydrazine groups is 1. The smallest absolute Gasteiger partial charge is 0.133 e. The molecular weight excluding hydrogens is 363 g/mol. The van der Waals surface area contributed by atoms with E-state index in [0.717, 1.165) is 21.3 Å². The number of halogens is 3. The fourth-order valence-electron chi connectivity index (χ4n) is 1.96. The largest absolute Gasteiger partial charge is 0.496 e. The summed E-state index contributed by atoms with van der Waals surface area (Å²) in [5.74, 6) is 6.43. The summed E-state index contributed by atoms with van der Waals surface area (Å²) in [5, 5.41) is 1.21. The quantitative estimate of drug-likeness (QED) is 0.618. The molecule has 1 unspecified atom stereocenters. The summed E-state index contributed by atoms with van der Waals surface area (Å²) in [6.45, 7) is 0. The van der Waals surface area contributed by atoms with Crippen LogP contribution in [0, 0.1) is 0 Å². The Morgan fingerprint density at radius 2 is 1.95 bits per heavy atom. The second-order valence-electron chi connectivity index (χ2n) is 4.16. The SMILES string of the molecule is COc1ccc(C(NN)c2cc(Cl)ccc2Cl)cc1Br. The Bertz CT molecular complexity index is 622. The van der Waals surface area contributed by atoms with Gasteiger partial charge in [0.1, 0.15) is 5.75 Å². The highest BCUT2D eigenvalue weighted by atomic mass is 79.9. The molecule has 0 aliphatic carbocycles. The van der Waals surface area contributed by atoms with Crippen LogP contribution in [-0.4, -0.2) is 7.11 Å². The molecule has 0 radical (unpaired) electrons. The summed E-state index contributed by atoms with van der Waals surface area (Å²) in [7, 11) is 1.62. The van der Waals surface area contributed by atoms with Gasteiger partial charge in [-0.15, -0.1) is 0 Å². The van der Waals surface area contributed by atoms with E-state index in [1.54, 1.807) is 25.3 Å². The van der Waals surface area contributed by atoms with Gasteiger partial charge in [-0.3, -0.25) is 5.84 Å². The number of benzene rings is 2. The van der Waals surface area contributed by atoms with E-state index in [-0.39, 0.29) is 6.04 Å². The Hall–Kier alpha value is -0.780. The summed E-state index contributed by atoms with van der Waals surface area (Å²) >= 11 is 15.7. The summed E-state index contributed by atoms with van der Waals surface area (Å²) in [4.78, 5) is 0. The van der Waals surface area contributed by atoms with E-state index < -0.39 is 0 Å². The van der Waals surface area contributed by atoms with Crippen LogP contribution in [0.25, 0.3) is 0 Å². The second kappa shape index (κ2) is 6.78. The molecule has 0 amide bonds. The van der Waals surface area contributed by atoms with Crippen molar-refractivity contribution in [1.82, 2.24) is 5.43 Å². The average molecular weight is 376 g/mol. The minimum absolute atomic E-state index is 0.261. The first kappa shape index (κ1) is 15.6. The number of methoxy groups -OCH3 is 1. The Kier molecular flexibility index (Phi) is 5.29. The van der Waals surface area contributed by atoms with E-state index in [1.165, 1.54) is 0 Å². The molecule has 1 atom stereocenters. The third-order valence-electron chi connectivity index (χ3n) is 2.94. The number of rotatable bonds is 4. The minimum Gasteiger partial charge on any atom is -0.496 e. The molecule has 0 aromatic heterocycles. The van der Waals surface area contributed by atoms with Crippen LogP contribution >= 0.6 is 39.1 Å². The van der Waals surface area contributed by atoms with Crippen LogP contribution < -0.4 is 16.0 Å². The Morgan fingerprint density at radius 1 is 1.20 bits per heavy atom. The zero-order valence-electron chi connectivity index (χ0n) is 10.7. The van der Waals surface area contributed by atoms with E-state index in [1.807, 2.05) is 18.2 Å². The van der Waals surface area contributed by atoms with Crippen molar-refractivity contribution in [2.24, 2.45) is 5.84 Å². The lowest BCUT2D eigenvalue weighted by molar-refractivity contribution is 0.411. The Morgan fingerprint density at radius 3 is 2.55 bits per heavy atom. The molecule has 0 fully saturated rings. The monoisotopic (exact) mass is 374 g/mol. The molecular formula is C14H13BrCl2N2O. The van der Waals surface area contributed by atoms with Crippen molar-refractivity contribution in [3.63, 3.8) is 0 Å². The summed E-state index contributed by atoms with van der Waals surface area (Å²) < 4.78 is 6.06. The first-order valence-corrected chi connectivity index (χ1v) is 7.36. The summed E-state index contributed by atoms with van der Waals surface area (Å²) in [6.07, 6.45) is 0. The molecule has 3 N–H and O–H groups in total. The first-order chi connectivity index (χ1) is 9.56. The topological polar surface area (TPSA) is 47.3 Å². The van der Waals surface area contributed by atoms with Gasteiger partial charge in [-0.25, -0.2) is 5.43 Å². The van der Waals surface area contributed by atoms with E-state index in [4.69, 9.17) is 33.8 Å². The van der Waals surface area contributed by atoms with Gasteiger partial charge in [0.05, 0.1) is 17.6 Å². The van der Waals surface area contributed by atoms with Crippen LogP contribution in [0.1, 0.15) is 17.2 Å². The van der Waals surface area contributed by atoms with Crippen molar-refractivity contribution in [2.45, 2.75) is 6.04 Å². The predicted octanol–water partition coefficient (Wildman–Crippen LogP) is 4.32. The van der Waals surface area contributed by atoms with Gasteiger partial charge in [0.2, 0.25) is 0 Å². The molecule has 2 aromatic carbocycles. The molecule has 2 rings (SSSR count). The molecule has 0 aliphatic heterocycles. The fourth-order valence-corrected chi connectivity index (χ4v) is 2.93. The number of nitrogens with two attached hydrogens (primary N) is 1. The molecule has 0 spiro atoms. The zero-order chi connectivity index (χ0) is 14.7. The van der Waals surface area contributed by atoms with Crippen molar-refractivity contribution in [3.05, 3.63) is 62.0 Å². The molecule has 0 saturated heterocycles. The average Bonchev–Trinajstić information content (AvgIpc) is 2.44. The van der Waals surface area contributed by atoms with Crippen LogP contribution in [0.4, 0.5) is 0 Å². The van der Waals surface area contributed by atoms with E-state index >= 15 is 0 Å². The van der Waals surface area contributed by atoms with Crippen LogP contribution in [0.2, 0.25) is 10.0 Å². The van der Waals surface area contributed by atoms with Gasteiger partial charge < -0.3 is 4.74 Å². The van der Waals surface area contributed by atoms with Gasteiger partial charge in [0.25, 0.3) is 0 Å².